The molecule has 1 aliphatic carbocycles. The van der Waals surface area contributed by atoms with E-state index in [0.29, 0.717) is 12.1 Å². The Balaban J connectivity index is 1.78. The van der Waals surface area contributed by atoms with E-state index in [2.05, 4.69) is 47.0 Å². The molecule has 0 spiro atoms. The zero-order valence-corrected chi connectivity index (χ0v) is 12.4. The van der Waals surface area contributed by atoms with Gasteiger partial charge in [0.2, 0.25) is 5.95 Å². The van der Waals surface area contributed by atoms with E-state index in [1.807, 2.05) is 17.5 Å². The van der Waals surface area contributed by atoms with Gasteiger partial charge in [-0.05, 0) is 38.8 Å². The molecule has 0 radical (unpaired) electrons. The number of nitrogens with zero attached hydrogens (tertiary/aromatic N) is 2. The number of aryl methyl sites for hydroxylation is 1. The molecule has 3 nitrogen and oxygen atoms in total. The maximum atomic E-state index is 4.49. The lowest BCUT2D eigenvalue weighted by atomic mass is 10.2. The van der Waals surface area contributed by atoms with Crippen LogP contribution in [0.15, 0.2) is 24.5 Å². The van der Waals surface area contributed by atoms with Crippen LogP contribution in [0.25, 0.3) is 0 Å². The van der Waals surface area contributed by atoms with Gasteiger partial charge in [0.1, 0.15) is 0 Å². The molecule has 19 heavy (non-hydrogen) atoms. The first-order valence-electron chi connectivity index (χ1n) is 7.10. The predicted molar refractivity (Wildman–Crippen MR) is 81.0 cm³/mol. The van der Waals surface area contributed by atoms with Gasteiger partial charge in [-0.3, -0.25) is 0 Å². The molecule has 1 saturated carbocycles. The molecule has 1 fully saturated rings. The van der Waals surface area contributed by atoms with Gasteiger partial charge in [0.05, 0.1) is 6.04 Å². The van der Waals surface area contributed by atoms with Crippen LogP contribution in [-0.2, 0) is 0 Å². The average molecular weight is 275 g/mol. The van der Waals surface area contributed by atoms with Gasteiger partial charge in [-0.1, -0.05) is 12.8 Å². The van der Waals surface area contributed by atoms with Crippen LogP contribution in [0.5, 0.6) is 0 Å². The fourth-order valence-corrected chi connectivity index (χ4v) is 3.73. The molecule has 0 aromatic carbocycles. The summed E-state index contributed by atoms with van der Waals surface area (Å²) in [6, 6.07) is 5.38. The second-order valence-electron chi connectivity index (χ2n) is 5.41. The minimum atomic E-state index is 0.352. The number of imidazole rings is 1. The summed E-state index contributed by atoms with van der Waals surface area (Å²) in [4.78, 5) is 7.25. The van der Waals surface area contributed by atoms with E-state index < -0.39 is 0 Å². The van der Waals surface area contributed by atoms with Crippen molar-refractivity contribution in [1.82, 2.24) is 9.55 Å². The van der Waals surface area contributed by atoms with Crippen molar-refractivity contribution >= 4 is 17.3 Å². The summed E-state index contributed by atoms with van der Waals surface area (Å²) < 4.78 is 2.25. The zero-order chi connectivity index (χ0) is 13.2. The molecule has 1 unspecified atom stereocenters. The van der Waals surface area contributed by atoms with E-state index in [-0.39, 0.29) is 0 Å². The average Bonchev–Trinajstić information content (AvgIpc) is 3.10. The number of anilines is 1. The summed E-state index contributed by atoms with van der Waals surface area (Å²) in [6.07, 6.45) is 9.22. The molecule has 1 N–H and O–H groups in total. The zero-order valence-electron chi connectivity index (χ0n) is 11.6. The second-order valence-corrected chi connectivity index (χ2v) is 6.73. The third-order valence-corrected chi connectivity index (χ3v) is 5.12. The van der Waals surface area contributed by atoms with Crippen LogP contribution >= 0.6 is 11.3 Å². The van der Waals surface area contributed by atoms with E-state index in [0.717, 1.165) is 5.95 Å². The Bertz CT molecular complexity index is 537. The molecular weight excluding hydrogens is 254 g/mol. The summed E-state index contributed by atoms with van der Waals surface area (Å²) in [5.41, 5.74) is 0. The highest BCUT2D eigenvalue weighted by Crippen LogP contribution is 2.29. The highest BCUT2D eigenvalue weighted by Gasteiger charge is 2.19. The number of nitrogens with one attached hydrogen (secondary N) is 1. The van der Waals surface area contributed by atoms with Crippen LogP contribution in [0, 0.1) is 6.92 Å². The monoisotopic (exact) mass is 275 g/mol. The summed E-state index contributed by atoms with van der Waals surface area (Å²) in [7, 11) is 0. The number of hydrogen-bond acceptors (Lipinski definition) is 3. The summed E-state index contributed by atoms with van der Waals surface area (Å²) in [6.45, 7) is 4.40. The third kappa shape index (κ3) is 2.68. The van der Waals surface area contributed by atoms with Gasteiger partial charge in [0.15, 0.2) is 0 Å². The lowest BCUT2D eigenvalue weighted by Crippen LogP contribution is -2.19. The maximum absolute atomic E-state index is 4.49. The number of thiophene rings is 1. The fourth-order valence-electron chi connectivity index (χ4n) is 2.81. The lowest BCUT2D eigenvalue weighted by Gasteiger charge is -2.18. The van der Waals surface area contributed by atoms with Gasteiger partial charge in [0.25, 0.3) is 0 Å². The summed E-state index contributed by atoms with van der Waals surface area (Å²) >= 11 is 1.87. The highest BCUT2D eigenvalue weighted by molar-refractivity contribution is 7.12. The first-order chi connectivity index (χ1) is 9.24. The van der Waals surface area contributed by atoms with Crippen LogP contribution in [-0.4, -0.2) is 15.6 Å². The van der Waals surface area contributed by atoms with Gasteiger partial charge >= 0.3 is 0 Å². The molecule has 0 amide bonds. The Morgan fingerprint density at radius 1 is 1.37 bits per heavy atom. The minimum absolute atomic E-state index is 0.352. The van der Waals surface area contributed by atoms with Gasteiger partial charge in [-0.15, -0.1) is 11.3 Å². The molecule has 2 heterocycles. The van der Waals surface area contributed by atoms with E-state index in [4.69, 9.17) is 0 Å². The van der Waals surface area contributed by atoms with Crippen molar-refractivity contribution in [3.8, 4) is 0 Å². The number of rotatable bonds is 4. The lowest BCUT2D eigenvalue weighted by molar-refractivity contribution is 0.639. The Labute approximate surface area is 118 Å². The Hall–Kier alpha value is -1.29. The van der Waals surface area contributed by atoms with Crippen molar-refractivity contribution in [2.45, 2.75) is 51.6 Å². The number of hydrogen-bond donors (Lipinski definition) is 1. The Morgan fingerprint density at radius 3 is 2.84 bits per heavy atom. The van der Waals surface area contributed by atoms with Crippen LogP contribution in [0.3, 0.4) is 0 Å². The normalized spacial score (nSPS) is 17.8. The fraction of sp³-hybridized carbons (Fsp3) is 0.533. The van der Waals surface area contributed by atoms with E-state index >= 15 is 0 Å². The summed E-state index contributed by atoms with van der Waals surface area (Å²) in [5.74, 6) is 1.02. The molecule has 1 atom stereocenters. The molecule has 102 valence electrons. The van der Waals surface area contributed by atoms with E-state index in [1.54, 1.807) is 0 Å². The second kappa shape index (κ2) is 5.37. The van der Waals surface area contributed by atoms with Crippen molar-refractivity contribution in [2.75, 3.05) is 5.32 Å². The van der Waals surface area contributed by atoms with E-state index in [1.165, 1.54) is 35.4 Å². The van der Waals surface area contributed by atoms with Gasteiger partial charge < -0.3 is 9.88 Å². The SMILES string of the molecule is Cc1ccc(C(C)n2ccnc2NC2CCCC2)s1. The van der Waals surface area contributed by atoms with Crippen molar-refractivity contribution in [3.63, 3.8) is 0 Å². The van der Waals surface area contributed by atoms with Crippen molar-refractivity contribution in [3.05, 3.63) is 34.3 Å². The van der Waals surface area contributed by atoms with Crippen molar-refractivity contribution in [1.29, 1.82) is 0 Å². The largest absolute Gasteiger partial charge is 0.353 e. The first-order valence-corrected chi connectivity index (χ1v) is 7.91. The topological polar surface area (TPSA) is 29.9 Å². The van der Waals surface area contributed by atoms with E-state index in [9.17, 15) is 0 Å². The summed E-state index contributed by atoms with van der Waals surface area (Å²) in [5, 5.41) is 3.60. The molecule has 2 aromatic rings. The van der Waals surface area contributed by atoms with Crippen LogP contribution in [0.2, 0.25) is 0 Å². The van der Waals surface area contributed by atoms with Gasteiger partial charge in [-0.2, -0.15) is 0 Å². The minimum Gasteiger partial charge on any atom is -0.353 e. The highest BCUT2D eigenvalue weighted by atomic mass is 32.1. The Morgan fingerprint density at radius 2 is 2.16 bits per heavy atom. The van der Waals surface area contributed by atoms with Crippen molar-refractivity contribution in [2.24, 2.45) is 0 Å². The molecule has 0 aliphatic heterocycles. The van der Waals surface area contributed by atoms with Crippen LogP contribution in [0.1, 0.15) is 48.4 Å². The van der Waals surface area contributed by atoms with Crippen LogP contribution < -0.4 is 5.32 Å². The smallest absolute Gasteiger partial charge is 0.203 e. The molecule has 1 aliphatic rings. The van der Waals surface area contributed by atoms with Gasteiger partial charge in [0, 0.05) is 28.2 Å². The molecule has 3 rings (SSSR count). The molecular formula is C15H21N3S. The molecule has 2 aromatic heterocycles. The Kier molecular flexibility index (Phi) is 3.60. The first kappa shape index (κ1) is 12.7. The third-order valence-electron chi connectivity index (χ3n) is 3.95. The quantitative estimate of drug-likeness (QED) is 0.905. The maximum Gasteiger partial charge on any atom is 0.203 e. The van der Waals surface area contributed by atoms with Crippen LogP contribution in [0.4, 0.5) is 5.95 Å². The van der Waals surface area contributed by atoms with Crippen molar-refractivity contribution < 1.29 is 0 Å². The standard InChI is InChI=1S/C15H21N3S/c1-11-7-8-14(19-11)12(2)18-10-9-16-15(18)17-13-5-3-4-6-13/h7-10,12-13H,3-6H2,1-2H3,(H,16,17). The predicted octanol–water partition coefficient (Wildman–Crippen LogP) is 4.22. The molecule has 0 saturated heterocycles. The molecule has 0 bridgehead atoms. The molecule has 4 heteroatoms. The van der Waals surface area contributed by atoms with Gasteiger partial charge in [-0.25, -0.2) is 4.98 Å². The number of aromatic nitrogens is 2.